The minimum absolute atomic E-state index is 0.0261. The first kappa shape index (κ1) is 14.7. The van der Waals surface area contributed by atoms with Gasteiger partial charge in [0.15, 0.2) is 0 Å². The molecule has 94 valence electrons. The third-order valence-electron chi connectivity index (χ3n) is 2.54. The second kappa shape index (κ2) is 7.17. The molecule has 1 unspecified atom stereocenters. The molecule has 0 aliphatic carbocycles. The minimum Gasteiger partial charge on any atom is -0.350 e. The first-order chi connectivity index (χ1) is 8.04. The summed E-state index contributed by atoms with van der Waals surface area (Å²) in [6.45, 7) is 4.19. The number of rotatable bonds is 5. The summed E-state index contributed by atoms with van der Waals surface area (Å²) in [7, 11) is 0. The van der Waals surface area contributed by atoms with Crippen LogP contribution in [0.5, 0.6) is 0 Å². The lowest BCUT2D eigenvalue weighted by Crippen LogP contribution is -2.32. The Hall–Kier alpha value is -0.350. The number of amides is 1. The van der Waals surface area contributed by atoms with E-state index in [0.29, 0.717) is 5.56 Å². The molecule has 1 rings (SSSR count). The van der Waals surface area contributed by atoms with Gasteiger partial charge in [-0.15, -0.1) is 0 Å². The highest BCUT2D eigenvalue weighted by atomic mass is 79.9. The van der Waals surface area contributed by atoms with E-state index in [4.69, 9.17) is 0 Å². The van der Waals surface area contributed by atoms with E-state index in [1.807, 2.05) is 25.1 Å². The van der Waals surface area contributed by atoms with Crippen LogP contribution in [0.4, 0.5) is 0 Å². The van der Waals surface area contributed by atoms with Crippen LogP contribution in [0.2, 0.25) is 0 Å². The van der Waals surface area contributed by atoms with E-state index in [1.165, 1.54) is 0 Å². The van der Waals surface area contributed by atoms with Crippen molar-refractivity contribution in [1.82, 2.24) is 5.32 Å². The molecule has 1 atom stereocenters. The second-order valence-corrected chi connectivity index (χ2v) is 5.91. The molecule has 2 nitrogen and oxygen atoms in total. The fourth-order valence-corrected chi connectivity index (χ4v) is 2.34. The van der Waals surface area contributed by atoms with Gasteiger partial charge in [0.2, 0.25) is 0 Å². The Morgan fingerprint density at radius 2 is 2.12 bits per heavy atom. The highest BCUT2D eigenvalue weighted by Crippen LogP contribution is 2.21. The molecule has 0 aliphatic heterocycles. The minimum atomic E-state index is -0.0261. The number of carbonyl (C=O) groups is 1. The number of unbranched alkanes of at least 4 members (excludes halogenated alkanes) is 1. The SMILES string of the molecule is CCCCC(C)NC(=O)c1cc(Br)ccc1Br. The van der Waals surface area contributed by atoms with E-state index >= 15 is 0 Å². The molecule has 0 aromatic heterocycles. The van der Waals surface area contributed by atoms with Gasteiger partial charge in [0.1, 0.15) is 0 Å². The zero-order valence-corrected chi connectivity index (χ0v) is 13.3. The predicted molar refractivity (Wildman–Crippen MR) is 78.3 cm³/mol. The van der Waals surface area contributed by atoms with Crippen LogP contribution in [0.25, 0.3) is 0 Å². The molecule has 0 saturated heterocycles. The van der Waals surface area contributed by atoms with Gasteiger partial charge in [0.25, 0.3) is 5.91 Å². The normalized spacial score (nSPS) is 12.2. The van der Waals surface area contributed by atoms with Gasteiger partial charge in [-0.05, 0) is 47.5 Å². The van der Waals surface area contributed by atoms with Crippen molar-refractivity contribution in [2.45, 2.75) is 39.2 Å². The number of halogens is 2. The average molecular weight is 363 g/mol. The van der Waals surface area contributed by atoms with Crippen LogP contribution in [0, 0.1) is 0 Å². The summed E-state index contributed by atoms with van der Waals surface area (Å²) in [4.78, 5) is 12.0. The van der Waals surface area contributed by atoms with Crippen LogP contribution >= 0.6 is 31.9 Å². The monoisotopic (exact) mass is 361 g/mol. The fraction of sp³-hybridized carbons (Fsp3) is 0.462. The third kappa shape index (κ3) is 4.80. The molecular formula is C13H17Br2NO. The van der Waals surface area contributed by atoms with Gasteiger partial charge in [-0.3, -0.25) is 4.79 Å². The fourth-order valence-electron chi connectivity index (χ4n) is 1.56. The van der Waals surface area contributed by atoms with Crippen molar-refractivity contribution in [2.24, 2.45) is 0 Å². The first-order valence-corrected chi connectivity index (χ1v) is 7.39. The van der Waals surface area contributed by atoms with E-state index in [2.05, 4.69) is 44.1 Å². The maximum atomic E-state index is 12.0. The van der Waals surface area contributed by atoms with Crippen LogP contribution in [-0.2, 0) is 0 Å². The smallest absolute Gasteiger partial charge is 0.252 e. The lowest BCUT2D eigenvalue weighted by atomic mass is 10.1. The molecule has 1 aromatic rings. The molecule has 0 bridgehead atoms. The maximum absolute atomic E-state index is 12.0. The zero-order chi connectivity index (χ0) is 12.8. The van der Waals surface area contributed by atoms with Crippen LogP contribution in [0.1, 0.15) is 43.5 Å². The Balaban J connectivity index is 2.66. The molecule has 1 aromatic carbocycles. The van der Waals surface area contributed by atoms with Gasteiger partial charge in [-0.2, -0.15) is 0 Å². The van der Waals surface area contributed by atoms with Gasteiger partial charge in [0, 0.05) is 15.0 Å². The molecule has 0 aliphatic rings. The largest absolute Gasteiger partial charge is 0.350 e. The summed E-state index contributed by atoms with van der Waals surface area (Å²) in [5.74, 6) is -0.0261. The molecule has 0 heterocycles. The first-order valence-electron chi connectivity index (χ1n) is 5.80. The van der Waals surface area contributed by atoms with E-state index in [0.717, 1.165) is 28.2 Å². The highest BCUT2D eigenvalue weighted by Gasteiger charge is 2.12. The van der Waals surface area contributed by atoms with Gasteiger partial charge >= 0.3 is 0 Å². The van der Waals surface area contributed by atoms with Crippen molar-refractivity contribution in [3.05, 3.63) is 32.7 Å². The zero-order valence-electron chi connectivity index (χ0n) is 10.1. The Labute approximate surface area is 119 Å². The number of carbonyl (C=O) groups excluding carboxylic acids is 1. The lowest BCUT2D eigenvalue weighted by molar-refractivity contribution is 0.0937. The molecule has 1 N–H and O–H groups in total. The van der Waals surface area contributed by atoms with Crippen LogP contribution < -0.4 is 5.32 Å². The quantitative estimate of drug-likeness (QED) is 0.819. The predicted octanol–water partition coefficient (Wildman–Crippen LogP) is 4.52. The molecule has 1 amide bonds. The van der Waals surface area contributed by atoms with E-state index < -0.39 is 0 Å². The standard InChI is InChI=1S/C13H17Br2NO/c1-3-4-5-9(2)16-13(17)11-8-10(14)6-7-12(11)15/h6-9H,3-5H2,1-2H3,(H,16,17). The van der Waals surface area contributed by atoms with E-state index in [-0.39, 0.29) is 11.9 Å². The third-order valence-corrected chi connectivity index (χ3v) is 3.73. The Bertz CT molecular complexity index is 393. The van der Waals surface area contributed by atoms with Crippen LogP contribution in [-0.4, -0.2) is 11.9 Å². The highest BCUT2D eigenvalue weighted by molar-refractivity contribution is 9.11. The average Bonchev–Trinajstić information content (AvgIpc) is 2.29. The Kier molecular flexibility index (Phi) is 6.20. The van der Waals surface area contributed by atoms with Gasteiger partial charge < -0.3 is 5.32 Å². The lowest BCUT2D eigenvalue weighted by Gasteiger charge is -2.14. The molecule has 0 fully saturated rings. The molecule has 17 heavy (non-hydrogen) atoms. The summed E-state index contributed by atoms with van der Waals surface area (Å²) in [5, 5.41) is 3.01. The topological polar surface area (TPSA) is 29.1 Å². The van der Waals surface area contributed by atoms with Gasteiger partial charge in [-0.1, -0.05) is 35.7 Å². The molecule has 0 radical (unpaired) electrons. The Morgan fingerprint density at radius 3 is 2.76 bits per heavy atom. The van der Waals surface area contributed by atoms with Gasteiger partial charge in [0.05, 0.1) is 5.56 Å². The summed E-state index contributed by atoms with van der Waals surface area (Å²) >= 11 is 6.76. The number of nitrogens with one attached hydrogen (secondary N) is 1. The molecule has 0 spiro atoms. The van der Waals surface area contributed by atoms with E-state index in [1.54, 1.807) is 0 Å². The van der Waals surface area contributed by atoms with Crippen LogP contribution in [0.15, 0.2) is 27.1 Å². The van der Waals surface area contributed by atoms with Gasteiger partial charge in [-0.25, -0.2) is 0 Å². The van der Waals surface area contributed by atoms with Crippen molar-refractivity contribution < 1.29 is 4.79 Å². The van der Waals surface area contributed by atoms with Crippen LogP contribution in [0.3, 0.4) is 0 Å². The molecule has 0 saturated carbocycles. The summed E-state index contributed by atoms with van der Waals surface area (Å²) in [6, 6.07) is 5.82. The maximum Gasteiger partial charge on any atom is 0.252 e. The van der Waals surface area contributed by atoms with Crippen molar-refractivity contribution >= 4 is 37.8 Å². The summed E-state index contributed by atoms with van der Waals surface area (Å²) in [5.41, 5.74) is 0.669. The Morgan fingerprint density at radius 1 is 1.41 bits per heavy atom. The number of hydrogen-bond acceptors (Lipinski definition) is 1. The second-order valence-electron chi connectivity index (χ2n) is 4.14. The summed E-state index contributed by atoms with van der Waals surface area (Å²) in [6.07, 6.45) is 3.32. The summed E-state index contributed by atoms with van der Waals surface area (Å²) < 4.78 is 1.73. The van der Waals surface area contributed by atoms with Crippen molar-refractivity contribution in [3.8, 4) is 0 Å². The van der Waals surface area contributed by atoms with Crippen molar-refractivity contribution in [2.75, 3.05) is 0 Å². The van der Waals surface area contributed by atoms with Crippen molar-refractivity contribution in [1.29, 1.82) is 0 Å². The van der Waals surface area contributed by atoms with E-state index in [9.17, 15) is 4.79 Å². The van der Waals surface area contributed by atoms with Crippen molar-refractivity contribution in [3.63, 3.8) is 0 Å². The molecular weight excluding hydrogens is 346 g/mol. The molecule has 4 heteroatoms. The number of hydrogen-bond donors (Lipinski definition) is 1. The number of benzene rings is 1.